The number of benzene rings is 3. The number of pyridine rings is 1. The monoisotopic (exact) mass is 489 g/mol. The first kappa shape index (κ1) is 22.8. The second kappa shape index (κ2) is 10.2. The van der Waals surface area contributed by atoms with Crippen molar-refractivity contribution in [2.75, 3.05) is 0 Å². The van der Waals surface area contributed by atoms with Gasteiger partial charge in [0.05, 0.1) is 17.3 Å². The fraction of sp³-hybridized carbons (Fsp3) is 0. The van der Waals surface area contributed by atoms with E-state index in [1.54, 1.807) is 24.5 Å². The van der Waals surface area contributed by atoms with Crippen molar-refractivity contribution in [2.24, 2.45) is 0 Å². The van der Waals surface area contributed by atoms with Crippen LogP contribution in [0.2, 0.25) is 0 Å². The molecule has 6 rings (SSSR count). The van der Waals surface area contributed by atoms with Gasteiger partial charge in [0.1, 0.15) is 5.69 Å². The summed E-state index contributed by atoms with van der Waals surface area (Å²) in [7, 11) is 0. The van der Waals surface area contributed by atoms with Gasteiger partial charge in [-0.1, -0.05) is 72.8 Å². The smallest absolute Gasteiger partial charge is 0.182 e. The summed E-state index contributed by atoms with van der Waals surface area (Å²) >= 11 is 0. The molecule has 7 nitrogen and oxygen atoms in total. The van der Waals surface area contributed by atoms with Crippen molar-refractivity contribution in [1.29, 1.82) is 5.26 Å². The lowest BCUT2D eigenvalue weighted by Gasteiger charge is -2.11. The van der Waals surface area contributed by atoms with Gasteiger partial charge in [0.15, 0.2) is 23.3 Å². The second-order valence-electron chi connectivity index (χ2n) is 8.43. The number of nitriles is 1. The van der Waals surface area contributed by atoms with Crippen LogP contribution in [0.25, 0.3) is 56.9 Å². The standard InChI is InChI=1S/C31H19N7/c32-19-21-13-15-22(16-14-21)26-18-27(35-28(34-26)23-8-3-1-4-9-23)31-37-29(24-10-5-2-6-11-24)36-30(38-31)25-12-7-17-33-20-25/h1-18,20H. The molecule has 38 heavy (non-hydrogen) atoms. The van der Waals surface area contributed by atoms with Gasteiger partial charge in [0, 0.05) is 34.6 Å². The Morgan fingerprint density at radius 3 is 1.63 bits per heavy atom. The third-order valence-corrected chi connectivity index (χ3v) is 5.88. The number of rotatable bonds is 5. The first-order valence-corrected chi connectivity index (χ1v) is 11.9. The highest BCUT2D eigenvalue weighted by molar-refractivity contribution is 5.71. The van der Waals surface area contributed by atoms with Gasteiger partial charge in [0.2, 0.25) is 0 Å². The maximum atomic E-state index is 9.22. The zero-order valence-electron chi connectivity index (χ0n) is 20.1. The zero-order chi connectivity index (χ0) is 25.7. The average molecular weight is 490 g/mol. The van der Waals surface area contributed by atoms with Gasteiger partial charge in [-0.2, -0.15) is 5.26 Å². The molecular formula is C31H19N7. The largest absolute Gasteiger partial charge is 0.264 e. The molecule has 7 heteroatoms. The Morgan fingerprint density at radius 2 is 1.03 bits per heavy atom. The first-order chi connectivity index (χ1) is 18.8. The minimum absolute atomic E-state index is 0.423. The van der Waals surface area contributed by atoms with E-state index in [0.29, 0.717) is 40.2 Å². The molecule has 0 aliphatic carbocycles. The van der Waals surface area contributed by atoms with Crippen LogP contribution in [-0.2, 0) is 0 Å². The van der Waals surface area contributed by atoms with E-state index in [1.165, 1.54) is 0 Å². The van der Waals surface area contributed by atoms with Gasteiger partial charge in [-0.25, -0.2) is 24.9 Å². The molecule has 178 valence electrons. The van der Waals surface area contributed by atoms with Crippen molar-refractivity contribution in [3.63, 3.8) is 0 Å². The SMILES string of the molecule is N#Cc1ccc(-c2cc(-c3nc(-c4ccccc4)nc(-c4cccnc4)n3)nc(-c3ccccc3)n2)cc1. The summed E-state index contributed by atoms with van der Waals surface area (Å²) in [5.74, 6) is 2.01. The van der Waals surface area contributed by atoms with Crippen LogP contribution in [0.15, 0.2) is 116 Å². The minimum Gasteiger partial charge on any atom is -0.264 e. The molecule has 0 saturated carbocycles. The van der Waals surface area contributed by atoms with E-state index < -0.39 is 0 Å². The summed E-state index contributed by atoms with van der Waals surface area (Å²) in [6.07, 6.45) is 3.44. The van der Waals surface area contributed by atoms with E-state index in [9.17, 15) is 5.26 Å². The van der Waals surface area contributed by atoms with Crippen LogP contribution in [0.3, 0.4) is 0 Å². The van der Waals surface area contributed by atoms with E-state index in [2.05, 4.69) is 11.1 Å². The molecule has 3 aromatic heterocycles. The molecule has 0 N–H and O–H groups in total. The van der Waals surface area contributed by atoms with Crippen LogP contribution in [0.4, 0.5) is 0 Å². The quantitative estimate of drug-likeness (QED) is 0.281. The molecule has 0 aliphatic heterocycles. The summed E-state index contributed by atoms with van der Waals surface area (Å²) in [5.41, 5.74) is 5.20. The van der Waals surface area contributed by atoms with Gasteiger partial charge < -0.3 is 0 Å². The zero-order valence-corrected chi connectivity index (χ0v) is 20.1. The number of aromatic nitrogens is 6. The summed E-state index contributed by atoms with van der Waals surface area (Å²) < 4.78 is 0. The average Bonchev–Trinajstić information content (AvgIpc) is 3.02. The molecule has 0 atom stereocenters. The maximum absolute atomic E-state index is 9.22. The Bertz CT molecular complexity index is 1690. The third kappa shape index (κ3) is 4.74. The number of hydrogen-bond acceptors (Lipinski definition) is 7. The molecule has 0 aliphatic rings. The summed E-state index contributed by atoms with van der Waals surface area (Å²) in [6.45, 7) is 0. The van der Waals surface area contributed by atoms with Crippen LogP contribution in [0.1, 0.15) is 5.56 Å². The summed E-state index contributed by atoms with van der Waals surface area (Å²) in [5, 5.41) is 9.22. The van der Waals surface area contributed by atoms with Crippen molar-refractivity contribution in [2.45, 2.75) is 0 Å². The van der Waals surface area contributed by atoms with Crippen molar-refractivity contribution in [3.05, 3.63) is 121 Å². The van der Waals surface area contributed by atoms with Crippen LogP contribution in [-0.4, -0.2) is 29.9 Å². The highest BCUT2D eigenvalue weighted by Gasteiger charge is 2.16. The topological polar surface area (TPSA) is 101 Å². The highest BCUT2D eigenvalue weighted by atomic mass is 15.1. The van der Waals surface area contributed by atoms with Crippen molar-refractivity contribution in [1.82, 2.24) is 29.9 Å². The first-order valence-electron chi connectivity index (χ1n) is 11.9. The molecule has 0 fully saturated rings. The van der Waals surface area contributed by atoms with Gasteiger partial charge in [-0.05, 0) is 30.3 Å². The molecule has 0 radical (unpaired) electrons. The summed E-state index contributed by atoms with van der Waals surface area (Å²) in [6, 6.07) is 34.6. The molecule has 0 amide bonds. The van der Waals surface area contributed by atoms with Crippen molar-refractivity contribution >= 4 is 0 Å². The maximum Gasteiger partial charge on any atom is 0.182 e. The fourth-order valence-electron chi connectivity index (χ4n) is 3.97. The highest BCUT2D eigenvalue weighted by Crippen LogP contribution is 2.28. The van der Waals surface area contributed by atoms with Crippen molar-refractivity contribution in [3.8, 4) is 63.0 Å². The van der Waals surface area contributed by atoms with Gasteiger partial charge in [0.25, 0.3) is 0 Å². The van der Waals surface area contributed by atoms with E-state index in [-0.39, 0.29) is 0 Å². The van der Waals surface area contributed by atoms with E-state index >= 15 is 0 Å². The van der Waals surface area contributed by atoms with Crippen LogP contribution in [0.5, 0.6) is 0 Å². The molecule has 0 spiro atoms. The minimum atomic E-state index is 0.423. The predicted molar refractivity (Wildman–Crippen MR) is 145 cm³/mol. The fourth-order valence-corrected chi connectivity index (χ4v) is 3.97. The van der Waals surface area contributed by atoms with E-state index in [1.807, 2.05) is 91.0 Å². The van der Waals surface area contributed by atoms with E-state index in [0.717, 1.165) is 22.3 Å². The lowest BCUT2D eigenvalue weighted by atomic mass is 10.1. The molecular weight excluding hydrogens is 470 g/mol. The third-order valence-electron chi connectivity index (χ3n) is 5.88. The Kier molecular flexibility index (Phi) is 6.11. The lowest BCUT2D eigenvalue weighted by molar-refractivity contribution is 1.05. The molecule has 0 unspecified atom stereocenters. The molecule has 3 aromatic carbocycles. The normalized spacial score (nSPS) is 10.6. The Hall–Kier alpha value is -5.61. The van der Waals surface area contributed by atoms with E-state index in [4.69, 9.17) is 24.9 Å². The number of hydrogen-bond donors (Lipinski definition) is 0. The predicted octanol–water partition coefficient (Wildman–Crippen LogP) is 6.26. The van der Waals surface area contributed by atoms with Gasteiger partial charge in [-0.3, -0.25) is 4.98 Å². The van der Waals surface area contributed by atoms with Crippen LogP contribution >= 0.6 is 0 Å². The number of nitrogens with zero attached hydrogens (tertiary/aromatic N) is 7. The lowest BCUT2D eigenvalue weighted by Crippen LogP contribution is -2.03. The Morgan fingerprint density at radius 1 is 0.474 bits per heavy atom. The van der Waals surface area contributed by atoms with Crippen LogP contribution < -0.4 is 0 Å². The van der Waals surface area contributed by atoms with Gasteiger partial charge in [-0.15, -0.1) is 0 Å². The van der Waals surface area contributed by atoms with Gasteiger partial charge >= 0.3 is 0 Å². The van der Waals surface area contributed by atoms with Crippen LogP contribution in [0, 0.1) is 11.3 Å². The molecule has 0 bridgehead atoms. The molecule has 6 aromatic rings. The Balaban J connectivity index is 1.57. The summed E-state index contributed by atoms with van der Waals surface area (Å²) in [4.78, 5) is 28.3. The van der Waals surface area contributed by atoms with Crippen molar-refractivity contribution < 1.29 is 0 Å². The molecule has 0 saturated heterocycles. The Labute approximate surface area is 219 Å². The second-order valence-corrected chi connectivity index (χ2v) is 8.43. The molecule has 3 heterocycles.